The van der Waals surface area contributed by atoms with Crippen molar-refractivity contribution in [1.29, 1.82) is 0 Å². The van der Waals surface area contributed by atoms with Crippen molar-refractivity contribution in [3.63, 3.8) is 0 Å². The van der Waals surface area contributed by atoms with Crippen molar-refractivity contribution in [2.45, 2.75) is 0 Å². The van der Waals surface area contributed by atoms with Gasteiger partial charge in [-0.2, -0.15) is 0 Å². The Morgan fingerprint density at radius 1 is 1.62 bits per heavy atom. The van der Waals surface area contributed by atoms with Gasteiger partial charge in [-0.1, -0.05) is 5.16 Å². The Kier molecular flexibility index (Phi) is 21.4. The van der Waals surface area contributed by atoms with Crippen molar-refractivity contribution < 1.29 is 14.8 Å². The number of carbonyl (C=O) groups excluding carboxylic acids is 1. The van der Waals surface area contributed by atoms with E-state index in [1.807, 2.05) is 0 Å². The molecule has 0 aromatic rings. The van der Waals surface area contributed by atoms with E-state index in [-0.39, 0.29) is 6.47 Å². The first-order valence-corrected chi connectivity index (χ1v) is 1.49. The molecule has 0 saturated heterocycles. The number of rotatable bonds is 2. The molecule has 0 heterocycles. The van der Waals surface area contributed by atoms with E-state index in [1.165, 1.54) is 0 Å². The van der Waals surface area contributed by atoms with Gasteiger partial charge in [0.1, 0.15) is 0 Å². The van der Waals surface area contributed by atoms with Crippen LogP contribution in [0.15, 0.2) is 10.3 Å². The highest BCUT2D eigenvalue weighted by Gasteiger charge is 1.53. The average Bonchev–Trinajstić information content (AvgIpc) is 1.71. The maximum absolute atomic E-state index is 9.05. The van der Waals surface area contributed by atoms with Crippen LogP contribution < -0.4 is 0 Å². The van der Waals surface area contributed by atoms with Gasteiger partial charge in [0.05, 0.1) is 0 Å². The molecule has 8 heavy (non-hydrogen) atoms. The van der Waals surface area contributed by atoms with Crippen LogP contribution in [0.5, 0.6) is 0 Å². The third-order valence-electron chi connectivity index (χ3n) is 0.118. The van der Waals surface area contributed by atoms with Gasteiger partial charge in [-0.15, -0.1) is 5.16 Å². The van der Waals surface area contributed by atoms with Gasteiger partial charge in [0, 0.05) is 13.4 Å². The number of hydrogen-bond donors (Lipinski definition) is 1. The molecule has 0 spiro atoms. The van der Waals surface area contributed by atoms with Gasteiger partial charge in [0.15, 0.2) is 0 Å². The van der Waals surface area contributed by atoms with E-state index in [0.29, 0.717) is 0 Å². The molecule has 0 aliphatic carbocycles. The van der Waals surface area contributed by atoms with Crippen LogP contribution in [0.2, 0.25) is 0 Å². The van der Waals surface area contributed by atoms with Crippen molar-refractivity contribution >= 4 is 19.9 Å². The zero-order valence-corrected chi connectivity index (χ0v) is 4.15. The minimum absolute atomic E-state index is 0.201. The van der Waals surface area contributed by atoms with Gasteiger partial charge in [-0.25, -0.2) is 0 Å². The van der Waals surface area contributed by atoms with Crippen LogP contribution >= 0.6 is 0 Å². The average molecular weight is 118 g/mol. The van der Waals surface area contributed by atoms with E-state index < -0.39 is 0 Å². The van der Waals surface area contributed by atoms with Crippen molar-refractivity contribution in [1.82, 2.24) is 0 Å². The summed E-state index contributed by atoms with van der Waals surface area (Å²) in [5.41, 5.74) is 0. The molecule has 0 fully saturated rings. The Hall–Kier alpha value is -1.39. The first kappa shape index (κ1) is 9.79. The van der Waals surface area contributed by atoms with Crippen molar-refractivity contribution in [2.24, 2.45) is 10.3 Å². The second kappa shape index (κ2) is 17.5. The summed E-state index contributed by atoms with van der Waals surface area (Å²) in [6.45, 7) is 5.72. The van der Waals surface area contributed by atoms with E-state index in [4.69, 9.17) is 10.0 Å². The predicted octanol–water partition coefficient (Wildman–Crippen LogP) is -0.149. The summed E-state index contributed by atoms with van der Waals surface area (Å²) in [5.74, 6) is 0. The van der Waals surface area contributed by atoms with Gasteiger partial charge in [0.25, 0.3) is 0 Å². The smallest absolute Gasteiger partial charge is 0.323 e. The first-order chi connectivity index (χ1) is 3.83. The second-order valence-electron chi connectivity index (χ2n) is 0.472. The number of hydrogen-bond acceptors (Lipinski definition) is 5. The highest BCUT2D eigenvalue weighted by atomic mass is 16.7. The Labute approximate surface area is 46.2 Å². The van der Waals surface area contributed by atoms with E-state index >= 15 is 0 Å². The van der Waals surface area contributed by atoms with Crippen LogP contribution in [0, 0.1) is 0 Å². The number of nitrogens with zero attached hydrogens (tertiary/aromatic N) is 2. The van der Waals surface area contributed by atoms with Crippen molar-refractivity contribution in [3.05, 3.63) is 0 Å². The molecule has 5 heteroatoms. The Balaban J connectivity index is 0. The van der Waals surface area contributed by atoms with Crippen LogP contribution in [0.1, 0.15) is 0 Å². The van der Waals surface area contributed by atoms with Gasteiger partial charge in [-0.05, 0) is 0 Å². The highest BCUT2D eigenvalue weighted by Crippen LogP contribution is 1.53. The van der Waals surface area contributed by atoms with Crippen LogP contribution in [0.4, 0.5) is 0 Å². The monoisotopic (exact) mass is 118 g/mol. The van der Waals surface area contributed by atoms with E-state index in [2.05, 4.69) is 28.6 Å². The van der Waals surface area contributed by atoms with Gasteiger partial charge < -0.3 is 10.0 Å². The molecule has 0 aliphatic rings. The van der Waals surface area contributed by atoms with Crippen LogP contribution in [-0.2, 0) is 9.63 Å². The molecule has 0 saturated carbocycles. The van der Waals surface area contributed by atoms with Crippen LogP contribution in [-0.4, -0.2) is 25.1 Å². The molecule has 5 nitrogen and oxygen atoms in total. The fourth-order valence-corrected chi connectivity index (χ4v) is 0.0304. The van der Waals surface area contributed by atoms with Crippen molar-refractivity contribution in [2.75, 3.05) is 0 Å². The Bertz CT molecular complexity index is 66.9. The SMILES string of the molecule is C=NO.C=NOC=O. The lowest BCUT2D eigenvalue weighted by atomic mass is 11.6. The molecular formula is C3H6N2O3. The molecule has 0 unspecified atom stereocenters. The fourth-order valence-electron chi connectivity index (χ4n) is 0.0304. The Morgan fingerprint density at radius 3 is 2.00 bits per heavy atom. The molecule has 0 aromatic heterocycles. The van der Waals surface area contributed by atoms with E-state index in [1.54, 1.807) is 0 Å². The topological polar surface area (TPSA) is 71.2 Å². The fraction of sp³-hybridized carbons (Fsp3) is 0. The number of carbonyl (C=O) groups is 1. The highest BCUT2D eigenvalue weighted by molar-refractivity contribution is 5.37. The molecule has 1 N–H and O–H groups in total. The van der Waals surface area contributed by atoms with Gasteiger partial charge >= 0.3 is 6.47 Å². The van der Waals surface area contributed by atoms with E-state index in [9.17, 15) is 0 Å². The summed E-state index contributed by atoms with van der Waals surface area (Å²) in [4.78, 5) is 12.7. The van der Waals surface area contributed by atoms with Crippen LogP contribution in [0.25, 0.3) is 0 Å². The number of oxime groups is 2. The molecule has 0 amide bonds. The molecule has 46 valence electrons. The summed E-state index contributed by atoms with van der Waals surface area (Å²) in [5, 5.41) is 12.1. The third-order valence-corrected chi connectivity index (χ3v) is 0.118. The maximum atomic E-state index is 9.05. The van der Waals surface area contributed by atoms with E-state index in [0.717, 1.165) is 0 Å². The van der Waals surface area contributed by atoms with Gasteiger partial charge in [0.2, 0.25) is 0 Å². The lowest BCUT2D eigenvalue weighted by molar-refractivity contribution is -0.128. The third kappa shape index (κ3) is 161. The zero-order valence-electron chi connectivity index (χ0n) is 4.15. The Morgan fingerprint density at radius 2 is 2.00 bits per heavy atom. The summed E-state index contributed by atoms with van der Waals surface area (Å²) in [6, 6.07) is 0. The maximum Gasteiger partial charge on any atom is 0.323 e. The lowest BCUT2D eigenvalue weighted by Crippen LogP contribution is -1.67. The molecule has 0 rings (SSSR count). The van der Waals surface area contributed by atoms with Crippen LogP contribution in [0.3, 0.4) is 0 Å². The predicted molar refractivity (Wildman–Crippen MR) is 28.0 cm³/mol. The van der Waals surface area contributed by atoms with Gasteiger partial charge in [-0.3, -0.25) is 4.79 Å². The molecular weight excluding hydrogens is 112 g/mol. The lowest BCUT2D eigenvalue weighted by Gasteiger charge is -1.69. The minimum Gasteiger partial charge on any atom is -0.411 e. The quantitative estimate of drug-likeness (QED) is 0.180. The normalized spacial score (nSPS) is 5.00. The minimum atomic E-state index is 0.201. The molecule has 0 bridgehead atoms. The second-order valence-corrected chi connectivity index (χ2v) is 0.472. The molecule has 0 radical (unpaired) electrons. The molecule has 0 atom stereocenters. The standard InChI is InChI=1S/C2H3NO2.CH3NO/c1-3-5-2-4;1-2-3/h2H,1H2;3H,1H2. The zero-order chi connectivity index (χ0) is 6.83. The molecule has 0 aliphatic heterocycles. The largest absolute Gasteiger partial charge is 0.411 e. The summed E-state index contributed by atoms with van der Waals surface area (Å²) < 4.78 is 0. The first-order valence-electron chi connectivity index (χ1n) is 1.49. The van der Waals surface area contributed by atoms with Crippen molar-refractivity contribution in [3.8, 4) is 0 Å². The summed E-state index contributed by atoms with van der Waals surface area (Å²) >= 11 is 0. The summed E-state index contributed by atoms with van der Waals surface area (Å²) in [6.07, 6.45) is 0. The summed E-state index contributed by atoms with van der Waals surface area (Å²) in [7, 11) is 0. The molecule has 0 aromatic carbocycles.